The number of hydrogen-bond donors (Lipinski definition) is 3. The molecular formula is C8H10IN3O3. The van der Waals surface area contributed by atoms with Crippen molar-refractivity contribution in [3.05, 3.63) is 23.9 Å². The highest BCUT2D eigenvalue weighted by Gasteiger charge is 2.11. The largest absolute Gasteiger partial charge is 1.00 e. The number of carboxylic acids is 1. The van der Waals surface area contributed by atoms with Crippen LogP contribution in [0.15, 0.2) is 18.3 Å². The van der Waals surface area contributed by atoms with Gasteiger partial charge in [0.1, 0.15) is 6.20 Å². The molecule has 0 fully saturated rings. The maximum atomic E-state index is 10.8. The van der Waals surface area contributed by atoms with Gasteiger partial charge in [0.15, 0.2) is 6.54 Å². The van der Waals surface area contributed by atoms with Gasteiger partial charge >= 0.3 is 5.97 Å². The van der Waals surface area contributed by atoms with E-state index >= 15 is 0 Å². The number of nitrogens with two attached hydrogens (primary N) is 2. The molecule has 1 aromatic heterocycles. The molecule has 0 aliphatic rings. The summed E-state index contributed by atoms with van der Waals surface area (Å²) in [6.07, 6.45) is 1.31. The van der Waals surface area contributed by atoms with Crippen LogP contribution in [-0.4, -0.2) is 17.0 Å². The van der Waals surface area contributed by atoms with Gasteiger partial charge in [-0.05, 0) is 6.07 Å². The molecule has 1 amide bonds. The first-order valence-corrected chi connectivity index (χ1v) is 3.81. The maximum absolute atomic E-state index is 10.8. The van der Waals surface area contributed by atoms with Crippen molar-refractivity contribution < 1.29 is 43.2 Å². The average molecular weight is 323 g/mol. The van der Waals surface area contributed by atoms with E-state index in [2.05, 4.69) is 0 Å². The molecule has 0 saturated carbocycles. The third kappa shape index (κ3) is 3.70. The summed E-state index contributed by atoms with van der Waals surface area (Å²) in [6, 6.07) is 2.87. The lowest BCUT2D eigenvalue weighted by Gasteiger charge is -2.01. The van der Waals surface area contributed by atoms with Crippen molar-refractivity contribution in [3.63, 3.8) is 0 Å². The van der Waals surface area contributed by atoms with E-state index in [0.29, 0.717) is 0 Å². The number of halogens is 1. The molecule has 0 aliphatic heterocycles. The van der Waals surface area contributed by atoms with Crippen LogP contribution in [0.1, 0.15) is 10.4 Å². The monoisotopic (exact) mass is 323 g/mol. The molecule has 15 heavy (non-hydrogen) atoms. The molecular weight excluding hydrogens is 313 g/mol. The minimum atomic E-state index is -1.04. The molecule has 0 aliphatic carbocycles. The number of rotatable bonds is 3. The minimum absolute atomic E-state index is 0. The number of aromatic nitrogens is 1. The number of aliphatic carboxylic acids is 1. The standard InChI is InChI=1S/C8H9N3O3.HI/c9-6-2-1-5(8(10)14)3-11(6)4-7(12)13;/h1-3,9H,4H2,(H3,10,12,13,14);1H. The van der Waals surface area contributed by atoms with Gasteiger partial charge in [0.2, 0.25) is 0 Å². The number of carboxylic acid groups (broad SMARTS) is 1. The van der Waals surface area contributed by atoms with E-state index in [-0.39, 0.29) is 41.9 Å². The Hall–Kier alpha value is -1.38. The van der Waals surface area contributed by atoms with E-state index in [4.69, 9.17) is 16.6 Å². The van der Waals surface area contributed by atoms with Gasteiger partial charge in [-0.1, -0.05) is 0 Å². The second-order valence-electron chi connectivity index (χ2n) is 2.73. The van der Waals surface area contributed by atoms with Crippen molar-refractivity contribution in [1.29, 1.82) is 0 Å². The van der Waals surface area contributed by atoms with Gasteiger partial charge in [-0.2, -0.15) is 0 Å². The van der Waals surface area contributed by atoms with Crippen LogP contribution in [0.5, 0.6) is 0 Å². The van der Waals surface area contributed by atoms with Crippen LogP contribution in [0, 0.1) is 0 Å². The van der Waals surface area contributed by atoms with Crippen molar-refractivity contribution in [2.24, 2.45) is 5.73 Å². The zero-order valence-electron chi connectivity index (χ0n) is 7.68. The van der Waals surface area contributed by atoms with E-state index in [1.807, 2.05) is 0 Å². The van der Waals surface area contributed by atoms with Crippen molar-refractivity contribution >= 4 is 17.7 Å². The summed E-state index contributed by atoms with van der Waals surface area (Å²) in [5.74, 6) is -1.40. The Balaban J connectivity index is 0.00000196. The SMILES string of the molecule is NC(=O)c1ccc(N)[n+](CC(=O)O)c1.[I-]. The number of primary amides is 1. The summed E-state index contributed by atoms with van der Waals surface area (Å²) < 4.78 is 1.24. The zero-order chi connectivity index (χ0) is 10.7. The van der Waals surface area contributed by atoms with Crippen LogP contribution in [0.2, 0.25) is 0 Å². The van der Waals surface area contributed by atoms with Gasteiger partial charge in [0.05, 0.1) is 5.56 Å². The maximum Gasteiger partial charge on any atom is 0.346 e. The highest BCUT2D eigenvalue weighted by Crippen LogP contribution is 1.98. The zero-order valence-corrected chi connectivity index (χ0v) is 9.84. The third-order valence-electron chi connectivity index (χ3n) is 1.65. The lowest BCUT2D eigenvalue weighted by molar-refractivity contribution is -0.671. The van der Waals surface area contributed by atoms with Gasteiger partial charge < -0.3 is 34.8 Å². The average Bonchev–Trinajstić information content (AvgIpc) is 2.07. The van der Waals surface area contributed by atoms with Crippen molar-refractivity contribution in [1.82, 2.24) is 0 Å². The van der Waals surface area contributed by atoms with Gasteiger partial charge in [-0.25, -0.2) is 9.36 Å². The Bertz CT molecular complexity index is 395. The number of pyridine rings is 1. The number of carbonyl (C=O) groups excluding carboxylic acids is 1. The van der Waals surface area contributed by atoms with E-state index in [1.54, 1.807) is 0 Å². The summed E-state index contributed by atoms with van der Waals surface area (Å²) in [7, 11) is 0. The van der Waals surface area contributed by atoms with Crippen LogP contribution < -0.4 is 40.0 Å². The minimum Gasteiger partial charge on any atom is -1.00 e. The first-order valence-electron chi connectivity index (χ1n) is 3.81. The highest BCUT2D eigenvalue weighted by atomic mass is 127. The van der Waals surface area contributed by atoms with E-state index in [1.165, 1.54) is 22.9 Å². The third-order valence-corrected chi connectivity index (χ3v) is 1.65. The molecule has 0 atom stereocenters. The fraction of sp³-hybridized carbons (Fsp3) is 0.125. The number of hydrogen-bond acceptors (Lipinski definition) is 3. The number of carbonyl (C=O) groups is 2. The Labute approximate surface area is 103 Å². The molecule has 6 nitrogen and oxygen atoms in total. The fourth-order valence-corrected chi connectivity index (χ4v) is 0.985. The van der Waals surface area contributed by atoms with Crippen LogP contribution in [0.3, 0.4) is 0 Å². The quantitative estimate of drug-likeness (QED) is 0.386. The number of amides is 1. The lowest BCUT2D eigenvalue weighted by atomic mass is 10.2. The molecule has 0 aromatic carbocycles. The second kappa shape index (κ2) is 5.49. The molecule has 0 saturated heterocycles. The fourth-order valence-electron chi connectivity index (χ4n) is 0.985. The lowest BCUT2D eigenvalue weighted by Crippen LogP contribution is -3.00. The van der Waals surface area contributed by atoms with Crippen molar-refractivity contribution in [2.45, 2.75) is 6.54 Å². The molecule has 82 valence electrons. The van der Waals surface area contributed by atoms with Gasteiger partial charge in [-0.15, -0.1) is 0 Å². The molecule has 1 heterocycles. The summed E-state index contributed by atoms with van der Waals surface area (Å²) in [6.45, 7) is -0.299. The topological polar surface area (TPSA) is 110 Å². The van der Waals surface area contributed by atoms with E-state index < -0.39 is 11.9 Å². The van der Waals surface area contributed by atoms with Gasteiger partial charge in [0, 0.05) is 6.07 Å². The van der Waals surface area contributed by atoms with Gasteiger partial charge in [0.25, 0.3) is 11.7 Å². The normalized spacial score (nSPS) is 9.07. The smallest absolute Gasteiger partial charge is 0.346 e. The molecule has 0 spiro atoms. The first kappa shape index (κ1) is 13.6. The Morgan fingerprint density at radius 2 is 2.00 bits per heavy atom. The van der Waals surface area contributed by atoms with E-state index in [0.717, 1.165) is 0 Å². The molecule has 0 unspecified atom stereocenters. The van der Waals surface area contributed by atoms with Crippen LogP contribution >= 0.6 is 0 Å². The van der Waals surface area contributed by atoms with Crippen LogP contribution in [0.4, 0.5) is 5.82 Å². The van der Waals surface area contributed by atoms with Crippen LogP contribution in [-0.2, 0) is 11.3 Å². The highest BCUT2D eigenvalue weighted by molar-refractivity contribution is 5.92. The number of anilines is 1. The van der Waals surface area contributed by atoms with E-state index in [9.17, 15) is 9.59 Å². The van der Waals surface area contributed by atoms with Crippen LogP contribution in [0.25, 0.3) is 0 Å². The molecule has 1 aromatic rings. The summed E-state index contributed by atoms with van der Waals surface area (Å²) >= 11 is 0. The predicted molar refractivity (Wildman–Crippen MR) is 47.2 cm³/mol. The number of nitrogen functional groups attached to an aromatic ring is 1. The molecule has 1 rings (SSSR count). The first-order chi connectivity index (χ1) is 6.50. The van der Waals surface area contributed by atoms with Crippen molar-refractivity contribution in [3.8, 4) is 0 Å². The van der Waals surface area contributed by atoms with Gasteiger partial charge in [-0.3, -0.25) is 10.5 Å². The summed E-state index contributed by atoms with van der Waals surface area (Å²) in [5, 5.41) is 8.53. The molecule has 5 N–H and O–H groups in total. The second-order valence-corrected chi connectivity index (χ2v) is 2.73. The summed E-state index contributed by atoms with van der Waals surface area (Å²) in [4.78, 5) is 21.2. The number of nitrogens with zero attached hydrogens (tertiary/aromatic N) is 1. The molecule has 7 heteroatoms. The molecule has 0 bridgehead atoms. The summed E-state index contributed by atoms with van der Waals surface area (Å²) in [5.41, 5.74) is 10.7. The Morgan fingerprint density at radius 1 is 1.40 bits per heavy atom. The van der Waals surface area contributed by atoms with Crippen molar-refractivity contribution in [2.75, 3.05) is 5.73 Å². The Kier molecular flexibility index (Phi) is 4.98. The molecule has 0 radical (unpaired) electrons. The predicted octanol–water partition coefficient (Wildman–Crippen LogP) is -4.26. The Morgan fingerprint density at radius 3 is 2.47 bits per heavy atom.